The summed E-state index contributed by atoms with van der Waals surface area (Å²) in [4.78, 5) is 18.5. The summed E-state index contributed by atoms with van der Waals surface area (Å²) >= 11 is 0. The van der Waals surface area contributed by atoms with Crippen molar-refractivity contribution in [1.29, 1.82) is 0 Å². The summed E-state index contributed by atoms with van der Waals surface area (Å²) in [7, 11) is 1.62. The molecular weight excluding hydrogens is 536 g/mol. The molecule has 2 N–H and O–H groups in total. The molecule has 0 spiro atoms. The lowest BCUT2D eigenvalue weighted by atomic mass is 10.1. The van der Waals surface area contributed by atoms with Crippen molar-refractivity contribution in [3.63, 3.8) is 0 Å². The van der Waals surface area contributed by atoms with Crippen LogP contribution in [0.1, 0.15) is 16.7 Å². The second kappa shape index (κ2) is 12.0. The molecule has 1 heterocycles. The summed E-state index contributed by atoms with van der Waals surface area (Å²) in [6.07, 6.45) is -3.47. The van der Waals surface area contributed by atoms with Gasteiger partial charge in [0.15, 0.2) is 5.96 Å². The summed E-state index contributed by atoms with van der Waals surface area (Å²) in [5.74, 6) is 0.453. The van der Waals surface area contributed by atoms with Crippen LogP contribution in [0, 0.1) is 0 Å². The van der Waals surface area contributed by atoms with Crippen molar-refractivity contribution in [3.8, 4) is 0 Å². The molecule has 0 atom stereocenters. The van der Waals surface area contributed by atoms with Crippen LogP contribution in [0.5, 0.6) is 0 Å². The number of guanidine groups is 1. The Balaban J connectivity index is 0.00000363. The van der Waals surface area contributed by atoms with Crippen LogP contribution in [0.2, 0.25) is 0 Å². The lowest BCUT2D eigenvalue weighted by Crippen LogP contribution is -2.44. The molecule has 0 aromatic heterocycles. The van der Waals surface area contributed by atoms with Gasteiger partial charge < -0.3 is 20.3 Å². The second-order valence-electron chi connectivity index (χ2n) is 7.13. The molecular formula is C22H26F3IN4O2. The first-order chi connectivity index (χ1) is 14.9. The molecule has 0 bridgehead atoms. The topological polar surface area (TPSA) is 66.0 Å². The number of hydrogen-bond acceptors (Lipinski definition) is 3. The Kier molecular flexibility index (Phi) is 9.76. The van der Waals surface area contributed by atoms with Gasteiger partial charge in [0, 0.05) is 25.8 Å². The molecule has 0 unspecified atom stereocenters. The van der Waals surface area contributed by atoms with Crippen molar-refractivity contribution in [3.05, 3.63) is 65.2 Å². The van der Waals surface area contributed by atoms with Gasteiger partial charge in [0.05, 0.1) is 13.2 Å². The fourth-order valence-corrected chi connectivity index (χ4v) is 3.30. The van der Waals surface area contributed by atoms with Gasteiger partial charge in [0.2, 0.25) is 5.91 Å². The Morgan fingerprint density at radius 1 is 1.09 bits per heavy atom. The number of aliphatic imine (C=N–C) groups is 1. The number of nitrogens with one attached hydrogen (secondary N) is 2. The fourth-order valence-electron chi connectivity index (χ4n) is 3.30. The van der Waals surface area contributed by atoms with E-state index in [2.05, 4.69) is 20.4 Å². The number of benzene rings is 2. The van der Waals surface area contributed by atoms with Gasteiger partial charge in [-0.1, -0.05) is 42.5 Å². The smallest absolute Gasteiger partial charge is 0.367 e. The summed E-state index contributed by atoms with van der Waals surface area (Å²) in [5.41, 5.74) is 3.71. The average Bonchev–Trinajstić information content (AvgIpc) is 3.18. The van der Waals surface area contributed by atoms with Crippen LogP contribution in [0.3, 0.4) is 0 Å². The molecule has 2 aromatic rings. The number of halogens is 4. The molecule has 32 heavy (non-hydrogen) atoms. The van der Waals surface area contributed by atoms with Crippen LogP contribution in [-0.2, 0) is 29.1 Å². The lowest BCUT2D eigenvalue weighted by molar-refractivity contribution is -0.176. The molecule has 0 aliphatic carbocycles. The maximum atomic E-state index is 12.6. The number of alkyl halides is 3. The highest BCUT2D eigenvalue weighted by Gasteiger charge is 2.27. The third kappa shape index (κ3) is 7.66. The first-order valence-electron chi connectivity index (χ1n) is 9.91. The van der Waals surface area contributed by atoms with Crippen molar-refractivity contribution >= 4 is 41.5 Å². The molecule has 3 rings (SSSR count). The Morgan fingerprint density at radius 3 is 2.47 bits per heavy atom. The standard InChI is InChI=1S/C22H25F3N4O2.HI/c1-26-21(28-13-20(30)29-11-10-18-4-2-3-5-19(18)29)27-12-16-6-8-17(9-7-16)14-31-15-22(23,24)25;/h2-9H,10-15H2,1H3,(H2,26,27,28);1H. The third-order valence-corrected chi connectivity index (χ3v) is 4.84. The van der Waals surface area contributed by atoms with E-state index in [1.165, 1.54) is 5.56 Å². The summed E-state index contributed by atoms with van der Waals surface area (Å²) < 4.78 is 41.0. The van der Waals surface area contributed by atoms with E-state index in [9.17, 15) is 18.0 Å². The number of hydrogen-bond donors (Lipinski definition) is 2. The number of carbonyl (C=O) groups is 1. The molecule has 1 aliphatic rings. The molecule has 10 heteroatoms. The normalized spacial score (nSPS) is 13.4. The summed E-state index contributed by atoms with van der Waals surface area (Å²) in [5, 5.41) is 6.14. The Morgan fingerprint density at radius 2 is 1.78 bits per heavy atom. The second-order valence-corrected chi connectivity index (χ2v) is 7.13. The first kappa shape index (κ1) is 25.9. The SMILES string of the molecule is CN=C(NCC(=O)N1CCc2ccccc21)NCc1ccc(COCC(F)(F)F)cc1.I. The number of para-hydroxylation sites is 1. The quantitative estimate of drug-likeness (QED) is 0.308. The molecule has 0 saturated carbocycles. The number of nitrogens with zero attached hydrogens (tertiary/aromatic N) is 2. The lowest BCUT2D eigenvalue weighted by Gasteiger charge is -2.19. The third-order valence-electron chi connectivity index (χ3n) is 4.84. The van der Waals surface area contributed by atoms with Crippen molar-refractivity contribution in [1.82, 2.24) is 10.6 Å². The number of carbonyl (C=O) groups excluding carboxylic acids is 1. The molecule has 0 fully saturated rings. The largest absolute Gasteiger partial charge is 0.411 e. The van der Waals surface area contributed by atoms with Gasteiger partial charge in [-0.25, -0.2) is 0 Å². The molecule has 1 amide bonds. The Labute approximate surface area is 202 Å². The van der Waals surface area contributed by atoms with Crippen LogP contribution in [0.15, 0.2) is 53.5 Å². The van der Waals surface area contributed by atoms with E-state index in [1.807, 2.05) is 24.3 Å². The van der Waals surface area contributed by atoms with E-state index in [4.69, 9.17) is 0 Å². The maximum absolute atomic E-state index is 12.6. The van der Waals surface area contributed by atoms with Gasteiger partial charge in [-0.15, -0.1) is 24.0 Å². The van der Waals surface area contributed by atoms with Gasteiger partial charge >= 0.3 is 6.18 Å². The van der Waals surface area contributed by atoms with E-state index in [0.29, 0.717) is 24.6 Å². The van der Waals surface area contributed by atoms with Gasteiger partial charge in [0.25, 0.3) is 0 Å². The van der Waals surface area contributed by atoms with Crippen LogP contribution >= 0.6 is 24.0 Å². The average molecular weight is 562 g/mol. The van der Waals surface area contributed by atoms with Crippen LogP contribution in [-0.4, -0.2) is 44.8 Å². The van der Waals surface area contributed by atoms with Crippen molar-refractivity contribution < 1.29 is 22.7 Å². The molecule has 174 valence electrons. The van der Waals surface area contributed by atoms with Crippen LogP contribution < -0.4 is 15.5 Å². The molecule has 6 nitrogen and oxygen atoms in total. The van der Waals surface area contributed by atoms with E-state index < -0.39 is 12.8 Å². The van der Waals surface area contributed by atoms with Gasteiger partial charge in [-0.2, -0.15) is 13.2 Å². The van der Waals surface area contributed by atoms with Gasteiger partial charge in [-0.3, -0.25) is 9.79 Å². The van der Waals surface area contributed by atoms with E-state index >= 15 is 0 Å². The predicted molar refractivity (Wildman–Crippen MR) is 128 cm³/mol. The van der Waals surface area contributed by atoms with Gasteiger partial charge in [0.1, 0.15) is 6.61 Å². The van der Waals surface area contributed by atoms with Crippen molar-refractivity contribution in [2.24, 2.45) is 4.99 Å². The molecule has 1 aliphatic heterocycles. The van der Waals surface area contributed by atoms with Crippen molar-refractivity contribution in [2.75, 3.05) is 31.6 Å². The first-order valence-corrected chi connectivity index (χ1v) is 9.91. The summed E-state index contributed by atoms with van der Waals surface area (Å²) in [6, 6.07) is 14.9. The highest BCUT2D eigenvalue weighted by Crippen LogP contribution is 2.27. The molecule has 0 radical (unpaired) electrons. The minimum atomic E-state index is -4.33. The number of anilines is 1. The summed E-state index contributed by atoms with van der Waals surface area (Å²) in [6.45, 7) is -0.128. The highest BCUT2D eigenvalue weighted by molar-refractivity contribution is 14.0. The number of ether oxygens (including phenoxy) is 1. The minimum Gasteiger partial charge on any atom is -0.367 e. The van der Waals surface area contributed by atoms with Crippen LogP contribution in [0.25, 0.3) is 0 Å². The minimum absolute atomic E-state index is 0. The van der Waals surface area contributed by atoms with E-state index in [1.54, 1.807) is 36.2 Å². The van der Waals surface area contributed by atoms with Crippen molar-refractivity contribution in [2.45, 2.75) is 25.7 Å². The fraction of sp³-hybridized carbons (Fsp3) is 0.364. The molecule has 0 saturated heterocycles. The zero-order valence-electron chi connectivity index (χ0n) is 17.6. The van der Waals surface area contributed by atoms with Crippen LogP contribution in [0.4, 0.5) is 18.9 Å². The highest BCUT2D eigenvalue weighted by atomic mass is 127. The van der Waals surface area contributed by atoms with E-state index in [0.717, 1.165) is 17.7 Å². The van der Waals surface area contributed by atoms with E-state index in [-0.39, 0.29) is 43.0 Å². The molecule has 2 aromatic carbocycles. The number of rotatable bonds is 7. The predicted octanol–water partition coefficient (Wildman–Crippen LogP) is 3.64. The number of amides is 1. The number of fused-ring (bicyclic) bond motifs is 1. The zero-order chi connectivity index (χ0) is 22.3. The zero-order valence-corrected chi connectivity index (χ0v) is 19.9. The maximum Gasteiger partial charge on any atom is 0.411 e. The Hall–Kier alpha value is -2.34. The Bertz CT molecular complexity index is 920. The van der Waals surface area contributed by atoms with Gasteiger partial charge in [-0.05, 0) is 29.2 Å². The monoisotopic (exact) mass is 562 g/mol.